The van der Waals surface area contributed by atoms with E-state index in [4.69, 9.17) is 4.74 Å². The van der Waals surface area contributed by atoms with E-state index in [1.165, 1.54) is 0 Å². The van der Waals surface area contributed by atoms with Gasteiger partial charge in [0.05, 0.1) is 5.56 Å². The van der Waals surface area contributed by atoms with Crippen molar-refractivity contribution in [3.8, 4) is 5.75 Å². The largest absolute Gasteiger partial charge is 0.487 e. The van der Waals surface area contributed by atoms with Crippen LogP contribution in [0.15, 0.2) is 36.4 Å². The maximum atomic E-state index is 13.4. The van der Waals surface area contributed by atoms with E-state index in [1.807, 2.05) is 0 Å². The van der Waals surface area contributed by atoms with Gasteiger partial charge >= 0.3 is 0 Å². The van der Waals surface area contributed by atoms with Crippen LogP contribution in [-0.2, 0) is 0 Å². The Balaban J connectivity index is 2.13. The van der Waals surface area contributed by atoms with Gasteiger partial charge in [0.2, 0.25) is 0 Å². The van der Waals surface area contributed by atoms with Crippen LogP contribution in [0.5, 0.6) is 5.75 Å². The van der Waals surface area contributed by atoms with Crippen molar-refractivity contribution < 1.29 is 27.4 Å². The average Bonchev–Trinajstić information content (AvgIpc) is 2.39. The molecule has 0 saturated carbocycles. The molecule has 1 unspecified atom stereocenters. The van der Waals surface area contributed by atoms with E-state index < -0.39 is 47.3 Å². The van der Waals surface area contributed by atoms with Crippen molar-refractivity contribution in [2.24, 2.45) is 0 Å². The lowest BCUT2D eigenvalue weighted by Crippen LogP contribution is -2.13. The molecule has 0 fully saturated rings. The van der Waals surface area contributed by atoms with Gasteiger partial charge in [-0.15, -0.1) is 0 Å². The van der Waals surface area contributed by atoms with E-state index in [9.17, 15) is 22.7 Å². The lowest BCUT2D eigenvalue weighted by Gasteiger charge is -2.14. The van der Waals surface area contributed by atoms with Crippen LogP contribution >= 0.6 is 0 Å². The molecule has 1 atom stereocenters. The van der Waals surface area contributed by atoms with Gasteiger partial charge in [0.1, 0.15) is 30.2 Å². The lowest BCUT2D eigenvalue weighted by atomic mass is 10.1. The smallest absolute Gasteiger partial charge is 0.165 e. The molecule has 2 aromatic carbocycles. The first kappa shape index (κ1) is 14.3. The molecule has 0 radical (unpaired) electrons. The molecular formula is C14H10F4O2. The summed E-state index contributed by atoms with van der Waals surface area (Å²) in [7, 11) is 0. The minimum Gasteiger partial charge on any atom is -0.487 e. The molecule has 0 bridgehead atoms. The Morgan fingerprint density at radius 3 is 2.25 bits per heavy atom. The van der Waals surface area contributed by atoms with Gasteiger partial charge in [-0.3, -0.25) is 0 Å². The van der Waals surface area contributed by atoms with Crippen LogP contribution in [0.1, 0.15) is 11.7 Å². The summed E-state index contributed by atoms with van der Waals surface area (Å²) in [5.41, 5.74) is -0.579. The van der Waals surface area contributed by atoms with Gasteiger partial charge in [0.15, 0.2) is 11.6 Å². The third-order valence-electron chi connectivity index (χ3n) is 2.62. The number of hydrogen-bond donors (Lipinski definition) is 1. The fraction of sp³-hybridized carbons (Fsp3) is 0.143. The quantitative estimate of drug-likeness (QED) is 0.873. The number of benzene rings is 2. The molecule has 1 N–H and O–H groups in total. The predicted octanol–water partition coefficient (Wildman–Crippen LogP) is 3.36. The zero-order valence-electron chi connectivity index (χ0n) is 10.1. The van der Waals surface area contributed by atoms with Crippen LogP contribution in [0.2, 0.25) is 0 Å². The van der Waals surface area contributed by atoms with Crippen LogP contribution in [0, 0.1) is 23.3 Å². The van der Waals surface area contributed by atoms with Crippen molar-refractivity contribution in [2.75, 3.05) is 6.61 Å². The van der Waals surface area contributed by atoms with Crippen molar-refractivity contribution in [1.29, 1.82) is 0 Å². The van der Waals surface area contributed by atoms with Crippen molar-refractivity contribution in [3.63, 3.8) is 0 Å². The molecule has 20 heavy (non-hydrogen) atoms. The fourth-order valence-electron chi connectivity index (χ4n) is 1.67. The molecule has 2 nitrogen and oxygen atoms in total. The van der Waals surface area contributed by atoms with E-state index in [-0.39, 0.29) is 0 Å². The number of aliphatic hydroxyl groups excluding tert-OH is 1. The second-order valence-electron chi connectivity index (χ2n) is 4.04. The van der Waals surface area contributed by atoms with Crippen molar-refractivity contribution in [1.82, 2.24) is 0 Å². The molecule has 0 aromatic heterocycles. The van der Waals surface area contributed by atoms with Crippen molar-refractivity contribution >= 4 is 0 Å². The highest BCUT2D eigenvalue weighted by molar-refractivity contribution is 5.26. The van der Waals surface area contributed by atoms with Crippen LogP contribution in [0.3, 0.4) is 0 Å². The maximum Gasteiger partial charge on any atom is 0.165 e. The second kappa shape index (κ2) is 5.92. The summed E-state index contributed by atoms with van der Waals surface area (Å²) >= 11 is 0. The van der Waals surface area contributed by atoms with Gasteiger partial charge in [-0.1, -0.05) is 6.07 Å². The van der Waals surface area contributed by atoms with E-state index >= 15 is 0 Å². The Kier molecular flexibility index (Phi) is 4.24. The molecule has 0 spiro atoms. The molecule has 0 amide bonds. The van der Waals surface area contributed by atoms with Gasteiger partial charge in [0, 0.05) is 6.07 Å². The van der Waals surface area contributed by atoms with E-state index in [1.54, 1.807) is 0 Å². The summed E-state index contributed by atoms with van der Waals surface area (Å²) < 4.78 is 57.8. The van der Waals surface area contributed by atoms with Gasteiger partial charge < -0.3 is 9.84 Å². The highest BCUT2D eigenvalue weighted by Crippen LogP contribution is 2.23. The normalized spacial score (nSPS) is 12.2. The first-order valence-corrected chi connectivity index (χ1v) is 5.69. The number of rotatable bonds is 4. The van der Waals surface area contributed by atoms with Gasteiger partial charge in [-0.2, -0.15) is 0 Å². The number of hydrogen-bond acceptors (Lipinski definition) is 2. The van der Waals surface area contributed by atoms with E-state index in [0.29, 0.717) is 0 Å². The first-order chi connectivity index (χ1) is 9.49. The Morgan fingerprint density at radius 2 is 1.60 bits per heavy atom. The van der Waals surface area contributed by atoms with Crippen LogP contribution in [0.25, 0.3) is 0 Å². The van der Waals surface area contributed by atoms with E-state index in [0.717, 1.165) is 36.4 Å². The molecule has 0 aliphatic carbocycles. The SMILES string of the molecule is OC(COc1cc(F)ccc1F)c1c(F)cccc1F. The summed E-state index contributed by atoms with van der Waals surface area (Å²) in [5, 5.41) is 9.68. The topological polar surface area (TPSA) is 29.5 Å². The number of ether oxygens (including phenoxy) is 1. The van der Waals surface area contributed by atoms with Gasteiger partial charge in [0.25, 0.3) is 0 Å². The Morgan fingerprint density at radius 1 is 0.950 bits per heavy atom. The monoisotopic (exact) mass is 286 g/mol. The third-order valence-corrected chi connectivity index (χ3v) is 2.62. The molecule has 6 heteroatoms. The standard InChI is InChI=1S/C14H10F4O2/c15-8-4-5-9(16)13(6-8)20-7-12(19)14-10(17)2-1-3-11(14)18/h1-6,12,19H,7H2. The molecule has 0 aliphatic heterocycles. The predicted molar refractivity (Wildman–Crippen MR) is 63.2 cm³/mol. The minimum atomic E-state index is -1.64. The van der Waals surface area contributed by atoms with E-state index in [2.05, 4.69) is 0 Å². The Bertz CT molecular complexity index is 596. The molecule has 106 valence electrons. The summed E-state index contributed by atoms with van der Waals surface area (Å²) in [5.74, 6) is -3.90. The average molecular weight is 286 g/mol. The Labute approximate surface area is 112 Å². The maximum absolute atomic E-state index is 13.4. The summed E-state index contributed by atoms with van der Waals surface area (Å²) in [6.45, 7) is -0.613. The van der Waals surface area contributed by atoms with Crippen LogP contribution in [0.4, 0.5) is 17.6 Å². The molecular weight excluding hydrogens is 276 g/mol. The van der Waals surface area contributed by atoms with Gasteiger partial charge in [-0.25, -0.2) is 17.6 Å². The minimum absolute atomic E-state index is 0.444. The highest BCUT2D eigenvalue weighted by atomic mass is 19.1. The van der Waals surface area contributed by atoms with Crippen LogP contribution < -0.4 is 4.74 Å². The van der Waals surface area contributed by atoms with Crippen molar-refractivity contribution in [2.45, 2.75) is 6.10 Å². The molecule has 0 heterocycles. The summed E-state index contributed by atoms with van der Waals surface area (Å²) in [6.07, 6.45) is -1.64. The fourth-order valence-corrected chi connectivity index (χ4v) is 1.67. The molecule has 2 aromatic rings. The molecule has 0 saturated heterocycles. The number of aliphatic hydroxyl groups is 1. The third kappa shape index (κ3) is 3.08. The zero-order chi connectivity index (χ0) is 14.7. The summed E-state index contributed by atoms with van der Waals surface area (Å²) in [4.78, 5) is 0. The summed E-state index contributed by atoms with van der Waals surface area (Å²) in [6, 6.07) is 5.62. The second-order valence-corrected chi connectivity index (χ2v) is 4.04. The van der Waals surface area contributed by atoms with Crippen LogP contribution in [-0.4, -0.2) is 11.7 Å². The molecule has 0 aliphatic rings. The van der Waals surface area contributed by atoms with Crippen molar-refractivity contribution in [3.05, 3.63) is 65.2 Å². The molecule has 2 rings (SSSR count). The lowest BCUT2D eigenvalue weighted by molar-refractivity contribution is 0.0989. The number of halogens is 4. The zero-order valence-corrected chi connectivity index (χ0v) is 10.1. The first-order valence-electron chi connectivity index (χ1n) is 5.69. The van der Waals surface area contributed by atoms with Gasteiger partial charge in [-0.05, 0) is 24.3 Å². The Hall–Kier alpha value is -2.08. The highest BCUT2D eigenvalue weighted by Gasteiger charge is 2.19.